The summed E-state index contributed by atoms with van der Waals surface area (Å²) < 4.78 is 0. The van der Waals surface area contributed by atoms with E-state index in [1.807, 2.05) is 30.5 Å². The first kappa shape index (κ1) is 15.1. The molecule has 0 spiro atoms. The second-order valence-corrected chi connectivity index (χ2v) is 9.00. The molecule has 2 aromatic heterocycles. The lowest BCUT2D eigenvalue weighted by atomic mass is 10.2. The monoisotopic (exact) mass is 286 g/mol. The highest BCUT2D eigenvalue weighted by atomic mass is 31.1. The molecule has 0 amide bonds. The maximum atomic E-state index is 4.80. The number of hydrogen-bond acceptors (Lipinski definition) is 2. The fraction of sp³-hybridized carbons (Fsp3) is 0.412. The Morgan fingerprint density at radius 1 is 0.900 bits per heavy atom. The van der Waals surface area contributed by atoms with Crippen LogP contribution in [0.5, 0.6) is 0 Å². The molecular formula is C17H23N2P. The third kappa shape index (κ3) is 3.86. The van der Waals surface area contributed by atoms with Gasteiger partial charge >= 0.3 is 0 Å². The van der Waals surface area contributed by atoms with Crippen molar-refractivity contribution < 1.29 is 0 Å². The molecule has 0 unspecified atom stereocenters. The van der Waals surface area contributed by atoms with E-state index in [0.29, 0.717) is 0 Å². The van der Waals surface area contributed by atoms with Crippen LogP contribution in [0.4, 0.5) is 0 Å². The topological polar surface area (TPSA) is 25.8 Å². The van der Waals surface area contributed by atoms with Gasteiger partial charge in [-0.05, 0) is 35.6 Å². The fourth-order valence-electron chi connectivity index (χ4n) is 2.37. The van der Waals surface area contributed by atoms with Gasteiger partial charge in [0.25, 0.3) is 0 Å². The van der Waals surface area contributed by atoms with Gasteiger partial charge in [0.1, 0.15) is 0 Å². The molecule has 0 aliphatic heterocycles. The molecule has 2 heterocycles. The third-order valence-electron chi connectivity index (χ3n) is 3.41. The van der Waals surface area contributed by atoms with Gasteiger partial charge in [0, 0.05) is 18.1 Å². The van der Waals surface area contributed by atoms with Crippen molar-refractivity contribution in [3.05, 3.63) is 48.3 Å². The SMILES string of the molecule is CC(C)P(Cc1cccc(-c2ccccn2)n1)C(C)C. The maximum Gasteiger partial charge on any atom is 0.0889 e. The molecule has 0 fully saturated rings. The van der Waals surface area contributed by atoms with Crippen molar-refractivity contribution in [2.45, 2.75) is 45.2 Å². The Bertz CT molecular complexity index is 530. The first-order valence-electron chi connectivity index (χ1n) is 7.21. The molecule has 0 aromatic carbocycles. The van der Waals surface area contributed by atoms with Crippen LogP contribution in [0.15, 0.2) is 42.6 Å². The van der Waals surface area contributed by atoms with Crippen LogP contribution in [0.3, 0.4) is 0 Å². The van der Waals surface area contributed by atoms with E-state index in [1.165, 1.54) is 5.69 Å². The van der Waals surface area contributed by atoms with Crippen molar-refractivity contribution in [1.29, 1.82) is 0 Å². The number of hydrogen-bond donors (Lipinski definition) is 0. The number of pyridine rings is 2. The molecule has 0 saturated heterocycles. The van der Waals surface area contributed by atoms with Crippen molar-refractivity contribution in [2.75, 3.05) is 0 Å². The minimum absolute atomic E-state index is 0.0191. The second-order valence-electron chi connectivity index (χ2n) is 5.59. The zero-order valence-corrected chi connectivity index (χ0v) is 13.6. The fourth-order valence-corrected chi connectivity index (χ4v) is 4.85. The summed E-state index contributed by atoms with van der Waals surface area (Å²) in [6, 6.07) is 12.2. The minimum atomic E-state index is -0.0191. The quantitative estimate of drug-likeness (QED) is 0.727. The van der Waals surface area contributed by atoms with E-state index in [9.17, 15) is 0 Å². The van der Waals surface area contributed by atoms with Crippen molar-refractivity contribution in [3.63, 3.8) is 0 Å². The molecule has 0 saturated carbocycles. The average molecular weight is 286 g/mol. The molecule has 0 atom stereocenters. The number of rotatable bonds is 5. The lowest BCUT2D eigenvalue weighted by Crippen LogP contribution is -2.06. The Morgan fingerprint density at radius 2 is 1.60 bits per heavy atom. The van der Waals surface area contributed by atoms with Crippen LogP contribution in [0.2, 0.25) is 0 Å². The Labute approximate surface area is 123 Å². The summed E-state index contributed by atoms with van der Waals surface area (Å²) in [5.74, 6) is 0. The molecule has 0 aliphatic rings. The van der Waals surface area contributed by atoms with E-state index in [1.54, 1.807) is 0 Å². The lowest BCUT2D eigenvalue weighted by molar-refractivity contribution is 0.986. The lowest BCUT2D eigenvalue weighted by Gasteiger charge is -2.25. The van der Waals surface area contributed by atoms with Crippen molar-refractivity contribution in [3.8, 4) is 11.4 Å². The van der Waals surface area contributed by atoms with E-state index in [2.05, 4.69) is 44.8 Å². The smallest absolute Gasteiger partial charge is 0.0889 e. The standard InChI is InChI=1S/C17H23N2P/c1-13(2)20(14(3)4)12-15-8-7-10-17(19-15)16-9-5-6-11-18-16/h5-11,13-14H,12H2,1-4H3. The first-order valence-corrected chi connectivity index (χ1v) is 8.87. The van der Waals surface area contributed by atoms with Gasteiger partial charge in [0.05, 0.1) is 11.4 Å². The first-order chi connectivity index (χ1) is 9.58. The van der Waals surface area contributed by atoms with Crippen LogP contribution in [0.25, 0.3) is 11.4 Å². The summed E-state index contributed by atoms with van der Waals surface area (Å²) >= 11 is 0. The average Bonchev–Trinajstić information content (AvgIpc) is 2.45. The van der Waals surface area contributed by atoms with E-state index >= 15 is 0 Å². The summed E-state index contributed by atoms with van der Waals surface area (Å²) in [5.41, 5.74) is 4.61. The molecule has 20 heavy (non-hydrogen) atoms. The van der Waals surface area contributed by atoms with E-state index in [-0.39, 0.29) is 7.92 Å². The molecule has 0 radical (unpaired) electrons. The molecule has 2 aromatic rings. The molecule has 0 bridgehead atoms. The predicted octanol–water partition coefficient (Wildman–Crippen LogP) is 4.94. The highest BCUT2D eigenvalue weighted by Gasteiger charge is 2.17. The molecule has 2 nitrogen and oxygen atoms in total. The Morgan fingerprint density at radius 3 is 2.20 bits per heavy atom. The predicted molar refractivity (Wildman–Crippen MR) is 88.4 cm³/mol. The molecular weight excluding hydrogens is 263 g/mol. The second kappa shape index (κ2) is 6.95. The molecule has 0 N–H and O–H groups in total. The van der Waals surface area contributed by atoms with Gasteiger partial charge in [0.2, 0.25) is 0 Å². The van der Waals surface area contributed by atoms with Crippen LogP contribution in [-0.4, -0.2) is 21.3 Å². The molecule has 0 aliphatic carbocycles. The zero-order chi connectivity index (χ0) is 14.5. The van der Waals surface area contributed by atoms with Gasteiger partial charge in [-0.1, -0.05) is 47.7 Å². The van der Waals surface area contributed by atoms with Crippen molar-refractivity contribution in [2.24, 2.45) is 0 Å². The normalized spacial score (nSPS) is 11.6. The summed E-state index contributed by atoms with van der Waals surface area (Å²) in [4.78, 5) is 9.18. The van der Waals surface area contributed by atoms with Crippen LogP contribution >= 0.6 is 7.92 Å². The summed E-state index contributed by atoms with van der Waals surface area (Å²) in [7, 11) is -0.0191. The Hall–Kier alpha value is -1.27. The Kier molecular flexibility index (Phi) is 5.25. The van der Waals surface area contributed by atoms with Crippen molar-refractivity contribution >= 4 is 7.92 Å². The van der Waals surface area contributed by atoms with Gasteiger partial charge in [-0.25, -0.2) is 0 Å². The largest absolute Gasteiger partial charge is 0.255 e. The van der Waals surface area contributed by atoms with Gasteiger partial charge in [-0.3, -0.25) is 9.97 Å². The highest BCUT2D eigenvalue weighted by Crippen LogP contribution is 2.48. The highest BCUT2D eigenvalue weighted by molar-refractivity contribution is 7.58. The van der Waals surface area contributed by atoms with Crippen LogP contribution in [-0.2, 0) is 6.16 Å². The third-order valence-corrected chi connectivity index (χ3v) is 6.75. The van der Waals surface area contributed by atoms with E-state index < -0.39 is 0 Å². The van der Waals surface area contributed by atoms with Crippen LogP contribution in [0, 0.1) is 0 Å². The van der Waals surface area contributed by atoms with Gasteiger partial charge in [-0.2, -0.15) is 0 Å². The van der Waals surface area contributed by atoms with Crippen LogP contribution in [0.1, 0.15) is 33.4 Å². The van der Waals surface area contributed by atoms with E-state index in [4.69, 9.17) is 4.98 Å². The van der Waals surface area contributed by atoms with Gasteiger partial charge in [0.15, 0.2) is 0 Å². The molecule has 2 rings (SSSR count). The molecule has 3 heteroatoms. The number of nitrogens with zero attached hydrogens (tertiary/aromatic N) is 2. The Balaban J connectivity index is 2.22. The van der Waals surface area contributed by atoms with Gasteiger partial charge in [-0.15, -0.1) is 0 Å². The summed E-state index contributed by atoms with van der Waals surface area (Å²) in [6.45, 7) is 9.31. The van der Waals surface area contributed by atoms with Gasteiger partial charge < -0.3 is 0 Å². The maximum absolute atomic E-state index is 4.80. The zero-order valence-electron chi connectivity index (χ0n) is 12.7. The number of aromatic nitrogens is 2. The van der Waals surface area contributed by atoms with Crippen LogP contribution < -0.4 is 0 Å². The summed E-state index contributed by atoms with van der Waals surface area (Å²) in [6.07, 6.45) is 2.92. The summed E-state index contributed by atoms with van der Waals surface area (Å²) in [5, 5.41) is 0. The molecule has 106 valence electrons. The van der Waals surface area contributed by atoms with E-state index in [0.717, 1.165) is 28.9 Å². The van der Waals surface area contributed by atoms with Crippen molar-refractivity contribution in [1.82, 2.24) is 9.97 Å². The minimum Gasteiger partial charge on any atom is -0.255 e.